The van der Waals surface area contributed by atoms with Crippen LogP contribution in [0.3, 0.4) is 0 Å². The first kappa shape index (κ1) is 21.4. The molecular formula is C22H27N7O4. The fourth-order valence-electron chi connectivity index (χ4n) is 4.31. The summed E-state index contributed by atoms with van der Waals surface area (Å²) in [6.07, 6.45) is 5.96. The highest BCUT2D eigenvalue weighted by atomic mass is 16.5. The molecule has 3 heterocycles. The Bertz CT molecular complexity index is 1250. The van der Waals surface area contributed by atoms with E-state index in [0.717, 1.165) is 19.3 Å². The van der Waals surface area contributed by atoms with Crippen molar-refractivity contribution in [2.45, 2.75) is 50.0 Å². The van der Waals surface area contributed by atoms with Crippen molar-refractivity contribution in [1.82, 2.24) is 24.5 Å². The van der Waals surface area contributed by atoms with E-state index >= 15 is 0 Å². The summed E-state index contributed by atoms with van der Waals surface area (Å²) in [5, 5.41) is 23.0. The molecule has 2 aliphatic rings. The molecule has 33 heavy (non-hydrogen) atoms. The number of aliphatic hydroxyl groups excluding tert-OH is 1. The predicted molar refractivity (Wildman–Crippen MR) is 122 cm³/mol. The van der Waals surface area contributed by atoms with E-state index in [-0.39, 0.29) is 35.2 Å². The van der Waals surface area contributed by atoms with Gasteiger partial charge in [-0.15, -0.1) is 0 Å². The molecule has 0 aromatic carbocycles. The lowest BCUT2D eigenvalue weighted by Gasteiger charge is -2.36. The zero-order chi connectivity index (χ0) is 23.1. The summed E-state index contributed by atoms with van der Waals surface area (Å²) in [7, 11) is 3.40. The van der Waals surface area contributed by atoms with Gasteiger partial charge in [-0.3, -0.25) is 9.59 Å². The molecule has 5 rings (SSSR count). The van der Waals surface area contributed by atoms with E-state index in [0.29, 0.717) is 29.4 Å². The van der Waals surface area contributed by atoms with Gasteiger partial charge in [-0.1, -0.05) is 0 Å². The van der Waals surface area contributed by atoms with Gasteiger partial charge in [-0.2, -0.15) is 9.61 Å². The SMILES string of the molecule is CNc1cc(Nc2cccn([C@H]3CCC3OC)c2=O)nc2c(C(=O)N[C@H]3CC[C@@H]3O)cnn12. The van der Waals surface area contributed by atoms with Crippen LogP contribution in [-0.4, -0.2) is 62.6 Å². The first-order valence-electron chi connectivity index (χ1n) is 11.1. The van der Waals surface area contributed by atoms with Crippen molar-refractivity contribution in [3.8, 4) is 0 Å². The number of hydrogen-bond acceptors (Lipinski definition) is 8. The topological polar surface area (TPSA) is 135 Å². The average Bonchev–Trinajstić information content (AvgIpc) is 3.22. The molecule has 174 valence electrons. The molecule has 3 aromatic heterocycles. The minimum Gasteiger partial charge on any atom is -0.391 e. The first-order chi connectivity index (χ1) is 16.0. The minimum absolute atomic E-state index is 0.0135. The van der Waals surface area contributed by atoms with Crippen LogP contribution in [0.25, 0.3) is 5.65 Å². The lowest BCUT2D eigenvalue weighted by molar-refractivity contribution is -0.0103. The molecule has 0 saturated heterocycles. The maximum atomic E-state index is 13.1. The van der Waals surface area contributed by atoms with Gasteiger partial charge in [0.25, 0.3) is 11.5 Å². The molecule has 2 aliphatic carbocycles. The zero-order valence-electron chi connectivity index (χ0n) is 18.5. The van der Waals surface area contributed by atoms with Crippen LogP contribution in [-0.2, 0) is 4.74 Å². The summed E-state index contributed by atoms with van der Waals surface area (Å²) in [5.41, 5.74) is 0.839. The molecule has 4 N–H and O–H groups in total. The van der Waals surface area contributed by atoms with Gasteiger partial charge in [-0.05, 0) is 37.8 Å². The summed E-state index contributed by atoms with van der Waals surface area (Å²) in [6, 6.07) is 4.98. The lowest BCUT2D eigenvalue weighted by Crippen LogP contribution is -2.50. The number of nitrogens with zero attached hydrogens (tertiary/aromatic N) is 4. The molecule has 0 aliphatic heterocycles. The summed E-state index contributed by atoms with van der Waals surface area (Å²) >= 11 is 0. The first-order valence-corrected chi connectivity index (χ1v) is 11.1. The van der Waals surface area contributed by atoms with Crippen molar-refractivity contribution < 1.29 is 14.6 Å². The van der Waals surface area contributed by atoms with Crippen molar-refractivity contribution in [2.75, 3.05) is 24.8 Å². The Kier molecular flexibility index (Phi) is 5.51. The summed E-state index contributed by atoms with van der Waals surface area (Å²) in [6.45, 7) is 0. The molecule has 1 unspecified atom stereocenters. The molecule has 1 amide bonds. The Morgan fingerprint density at radius 3 is 2.76 bits per heavy atom. The number of aromatic nitrogens is 4. The van der Waals surface area contributed by atoms with Crippen LogP contribution < -0.4 is 21.5 Å². The number of carbonyl (C=O) groups excluding carboxylic acids is 1. The Morgan fingerprint density at radius 1 is 1.27 bits per heavy atom. The fraction of sp³-hybridized carbons (Fsp3) is 0.455. The van der Waals surface area contributed by atoms with E-state index in [1.165, 1.54) is 10.7 Å². The summed E-state index contributed by atoms with van der Waals surface area (Å²) in [4.78, 5) is 30.5. The van der Waals surface area contributed by atoms with Crippen LogP contribution in [0.2, 0.25) is 0 Å². The van der Waals surface area contributed by atoms with E-state index in [1.54, 1.807) is 37.1 Å². The molecule has 0 radical (unpaired) electrons. The standard InChI is InChI=1S/C22H27N7O4/c1-23-19-10-18(25-14-4-3-9-28(22(14)32)15-6-8-17(15)33-2)27-20-12(11-24-29(19)20)21(31)26-13-5-7-16(13)30/h3-4,9-11,13,15-17,23,30H,5-8H2,1-2H3,(H,25,27)(H,26,31)/t13-,15-,16-,17?/m0/s1. The number of fused-ring (bicyclic) bond motifs is 1. The summed E-state index contributed by atoms with van der Waals surface area (Å²) < 4.78 is 8.67. The number of rotatable bonds is 7. The van der Waals surface area contributed by atoms with Crippen LogP contribution in [0.15, 0.2) is 35.4 Å². The fourth-order valence-corrected chi connectivity index (χ4v) is 4.31. The van der Waals surface area contributed by atoms with Crippen LogP contribution >= 0.6 is 0 Å². The second-order valence-electron chi connectivity index (χ2n) is 8.47. The number of hydrogen-bond donors (Lipinski definition) is 4. The van der Waals surface area contributed by atoms with Gasteiger partial charge in [-0.25, -0.2) is 4.98 Å². The Balaban J connectivity index is 1.46. The van der Waals surface area contributed by atoms with E-state index in [9.17, 15) is 14.7 Å². The third-order valence-corrected chi connectivity index (χ3v) is 6.60. The zero-order valence-corrected chi connectivity index (χ0v) is 18.5. The Labute approximate surface area is 189 Å². The largest absolute Gasteiger partial charge is 0.391 e. The van der Waals surface area contributed by atoms with Crippen molar-refractivity contribution in [3.05, 3.63) is 46.5 Å². The average molecular weight is 454 g/mol. The number of methoxy groups -OCH3 is 1. The van der Waals surface area contributed by atoms with Gasteiger partial charge < -0.3 is 30.4 Å². The maximum absolute atomic E-state index is 13.1. The smallest absolute Gasteiger partial charge is 0.274 e. The maximum Gasteiger partial charge on any atom is 0.274 e. The Morgan fingerprint density at radius 2 is 2.12 bits per heavy atom. The molecule has 0 bridgehead atoms. The van der Waals surface area contributed by atoms with Crippen molar-refractivity contribution in [2.24, 2.45) is 0 Å². The highest BCUT2D eigenvalue weighted by Gasteiger charge is 2.33. The molecule has 2 fully saturated rings. The quantitative estimate of drug-likeness (QED) is 0.420. The monoisotopic (exact) mass is 453 g/mol. The van der Waals surface area contributed by atoms with Crippen LogP contribution in [0.5, 0.6) is 0 Å². The molecule has 11 nitrogen and oxygen atoms in total. The third kappa shape index (κ3) is 3.72. The second kappa shape index (κ2) is 8.49. The number of amides is 1. The molecule has 0 spiro atoms. The molecule has 3 aromatic rings. The van der Waals surface area contributed by atoms with E-state index in [2.05, 4.69) is 26.0 Å². The predicted octanol–water partition coefficient (Wildman–Crippen LogP) is 1.28. The van der Waals surface area contributed by atoms with Gasteiger partial charge in [0, 0.05) is 26.4 Å². The Hall–Kier alpha value is -3.44. The number of ether oxygens (including phenoxy) is 1. The second-order valence-corrected chi connectivity index (χ2v) is 8.47. The molecule has 11 heteroatoms. The number of aliphatic hydroxyl groups is 1. The van der Waals surface area contributed by atoms with Crippen LogP contribution in [0.4, 0.5) is 17.3 Å². The normalized spacial score (nSPS) is 24.1. The molecule has 4 atom stereocenters. The number of pyridine rings is 1. The summed E-state index contributed by atoms with van der Waals surface area (Å²) in [5.74, 6) is 0.648. The lowest BCUT2D eigenvalue weighted by atomic mass is 9.88. The third-order valence-electron chi connectivity index (χ3n) is 6.60. The van der Waals surface area contributed by atoms with Gasteiger partial charge >= 0.3 is 0 Å². The van der Waals surface area contributed by atoms with E-state index in [4.69, 9.17) is 4.74 Å². The van der Waals surface area contributed by atoms with Crippen LogP contribution in [0.1, 0.15) is 42.1 Å². The number of carbonyl (C=O) groups is 1. The van der Waals surface area contributed by atoms with Crippen molar-refractivity contribution in [1.29, 1.82) is 0 Å². The van der Waals surface area contributed by atoms with Gasteiger partial charge in [0.05, 0.1) is 30.5 Å². The number of anilines is 3. The van der Waals surface area contributed by atoms with Gasteiger partial charge in [0.2, 0.25) is 0 Å². The molecule has 2 saturated carbocycles. The van der Waals surface area contributed by atoms with Crippen molar-refractivity contribution in [3.63, 3.8) is 0 Å². The van der Waals surface area contributed by atoms with E-state index < -0.39 is 6.10 Å². The van der Waals surface area contributed by atoms with Gasteiger partial charge in [0.1, 0.15) is 22.9 Å². The highest BCUT2D eigenvalue weighted by Crippen LogP contribution is 2.33. The van der Waals surface area contributed by atoms with Crippen molar-refractivity contribution >= 4 is 28.9 Å². The molecular weight excluding hydrogens is 426 g/mol. The highest BCUT2D eigenvalue weighted by molar-refractivity contribution is 6.00. The van der Waals surface area contributed by atoms with Gasteiger partial charge in [0.15, 0.2) is 5.65 Å². The number of nitrogens with one attached hydrogen (secondary N) is 3. The van der Waals surface area contributed by atoms with Crippen LogP contribution in [0, 0.1) is 0 Å². The van der Waals surface area contributed by atoms with E-state index in [1.807, 2.05) is 6.07 Å². The minimum atomic E-state index is -0.525.